The molecule has 4 rings (SSSR count). The number of imidazole rings is 1. The SMILES string of the molecule is N#Cc1cccnc1OC1CCN(C(=O)Cn2cnc3ccccc32)CC1. The van der Waals surface area contributed by atoms with Gasteiger partial charge in [0.15, 0.2) is 0 Å². The molecular weight excluding hydrogens is 342 g/mol. The number of piperidine rings is 1. The summed E-state index contributed by atoms with van der Waals surface area (Å²) in [5.41, 5.74) is 2.28. The molecule has 0 radical (unpaired) electrons. The standard InChI is InChI=1S/C20H19N5O2/c21-12-15-4-3-9-22-20(15)27-16-7-10-24(11-8-16)19(26)13-25-14-23-17-5-1-2-6-18(17)25/h1-6,9,14,16H,7-8,10-11,13H2. The van der Waals surface area contributed by atoms with E-state index in [0.717, 1.165) is 23.9 Å². The number of benzene rings is 1. The summed E-state index contributed by atoms with van der Waals surface area (Å²) >= 11 is 0. The minimum Gasteiger partial charge on any atom is -0.473 e. The second kappa shape index (κ2) is 7.46. The molecule has 0 bridgehead atoms. The summed E-state index contributed by atoms with van der Waals surface area (Å²) in [6.45, 7) is 1.54. The van der Waals surface area contributed by atoms with Crippen LogP contribution in [0.3, 0.4) is 0 Å². The van der Waals surface area contributed by atoms with E-state index in [1.54, 1.807) is 24.7 Å². The van der Waals surface area contributed by atoms with Gasteiger partial charge in [-0.15, -0.1) is 0 Å². The van der Waals surface area contributed by atoms with Crippen LogP contribution in [0, 0.1) is 11.3 Å². The monoisotopic (exact) mass is 361 g/mol. The number of hydrogen-bond donors (Lipinski definition) is 0. The summed E-state index contributed by atoms with van der Waals surface area (Å²) in [5.74, 6) is 0.446. The summed E-state index contributed by atoms with van der Waals surface area (Å²) in [6.07, 6.45) is 4.73. The molecule has 1 aromatic carbocycles. The number of carbonyl (C=O) groups excluding carboxylic acids is 1. The van der Waals surface area contributed by atoms with Crippen molar-refractivity contribution in [2.24, 2.45) is 0 Å². The fraction of sp³-hybridized carbons (Fsp3) is 0.300. The Morgan fingerprint density at radius 3 is 2.81 bits per heavy atom. The fourth-order valence-corrected chi connectivity index (χ4v) is 3.33. The highest BCUT2D eigenvalue weighted by Gasteiger charge is 2.25. The van der Waals surface area contributed by atoms with Crippen molar-refractivity contribution in [2.75, 3.05) is 13.1 Å². The smallest absolute Gasteiger partial charge is 0.242 e. The Balaban J connectivity index is 1.35. The zero-order valence-electron chi connectivity index (χ0n) is 14.8. The maximum atomic E-state index is 12.7. The van der Waals surface area contributed by atoms with Gasteiger partial charge in [0.2, 0.25) is 11.8 Å². The molecule has 0 unspecified atom stereocenters. The topological polar surface area (TPSA) is 84.0 Å². The van der Waals surface area contributed by atoms with Crippen molar-refractivity contribution in [1.82, 2.24) is 19.4 Å². The van der Waals surface area contributed by atoms with Crippen LogP contribution in [0.5, 0.6) is 5.88 Å². The second-order valence-corrected chi connectivity index (χ2v) is 6.53. The first-order valence-corrected chi connectivity index (χ1v) is 8.94. The van der Waals surface area contributed by atoms with E-state index >= 15 is 0 Å². The zero-order chi connectivity index (χ0) is 18.6. The maximum Gasteiger partial charge on any atom is 0.242 e. The average molecular weight is 361 g/mol. The van der Waals surface area contributed by atoms with Gasteiger partial charge in [-0.1, -0.05) is 12.1 Å². The molecule has 136 valence electrons. The molecule has 3 aromatic rings. The van der Waals surface area contributed by atoms with Crippen LogP contribution in [0.4, 0.5) is 0 Å². The third-order valence-electron chi connectivity index (χ3n) is 4.80. The van der Waals surface area contributed by atoms with Gasteiger partial charge in [0.05, 0.1) is 17.4 Å². The number of hydrogen-bond acceptors (Lipinski definition) is 5. The highest BCUT2D eigenvalue weighted by molar-refractivity contribution is 5.80. The van der Waals surface area contributed by atoms with Gasteiger partial charge in [0.25, 0.3) is 0 Å². The van der Waals surface area contributed by atoms with E-state index in [1.807, 2.05) is 33.7 Å². The van der Waals surface area contributed by atoms with Crippen molar-refractivity contribution >= 4 is 16.9 Å². The molecular formula is C20H19N5O2. The average Bonchev–Trinajstić information content (AvgIpc) is 3.12. The Labute approximate surface area is 156 Å². The summed E-state index contributed by atoms with van der Waals surface area (Å²) in [7, 11) is 0. The summed E-state index contributed by atoms with van der Waals surface area (Å²) in [5, 5.41) is 9.13. The number of ether oxygens (including phenoxy) is 1. The highest BCUT2D eigenvalue weighted by atomic mass is 16.5. The Morgan fingerprint density at radius 2 is 2.00 bits per heavy atom. The van der Waals surface area contributed by atoms with E-state index in [-0.39, 0.29) is 18.6 Å². The lowest BCUT2D eigenvalue weighted by Gasteiger charge is -2.32. The third kappa shape index (κ3) is 3.60. The van der Waals surface area contributed by atoms with E-state index in [1.165, 1.54) is 0 Å². The van der Waals surface area contributed by atoms with Crippen LogP contribution in [0.25, 0.3) is 11.0 Å². The molecule has 1 aliphatic rings. The maximum absolute atomic E-state index is 12.7. The lowest BCUT2D eigenvalue weighted by molar-refractivity contribution is -0.133. The molecule has 1 amide bonds. The molecule has 27 heavy (non-hydrogen) atoms. The predicted molar refractivity (Wildman–Crippen MR) is 98.9 cm³/mol. The van der Waals surface area contributed by atoms with Gasteiger partial charge < -0.3 is 14.2 Å². The van der Waals surface area contributed by atoms with Gasteiger partial charge in [0.1, 0.15) is 24.3 Å². The van der Waals surface area contributed by atoms with Crippen molar-refractivity contribution in [3.8, 4) is 11.9 Å². The van der Waals surface area contributed by atoms with Crippen LogP contribution >= 0.6 is 0 Å². The molecule has 7 nitrogen and oxygen atoms in total. The fourth-order valence-electron chi connectivity index (χ4n) is 3.33. The van der Waals surface area contributed by atoms with E-state index in [0.29, 0.717) is 24.5 Å². The molecule has 0 saturated carbocycles. The van der Waals surface area contributed by atoms with Gasteiger partial charge >= 0.3 is 0 Å². The van der Waals surface area contributed by atoms with Gasteiger partial charge in [-0.2, -0.15) is 5.26 Å². The second-order valence-electron chi connectivity index (χ2n) is 6.53. The summed E-state index contributed by atoms with van der Waals surface area (Å²) in [4.78, 5) is 23.0. The molecule has 0 aliphatic carbocycles. The molecule has 2 aromatic heterocycles. The number of rotatable bonds is 4. The van der Waals surface area contributed by atoms with E-state index in [9.17, 15) is 4.79 Å². The zero-order valence-corrected chi connectivity index (χ0v) is 14.8. The van der Waals surface area contributed by atoms with E-state index < -0.39 is 0 Å². The Morgan fingerprint density at radius 1 is 1.19 bits per heavy atom. The van der Waals surface area contributed by atoms with Gasteiger partial charge in [-0.3, -0.25) is 4.79 Å². The molecule has 0 N–H and O–H groups in total. The number of para-hydroxylation sites is 2. The molecule has 7 heteroatoms. The van der Waals surface area contributed by atoms with Crippen LogP contribution < -0.4 is 4.74 Å². The van der Waals surface area contributed by atoms with Crippen molar-refractivity contribution < 1.29 is 9.53 Å². The quantitative estimate of drug-likeness (QED) is 0.712. The predicted octanol–water partition coefficient (Wildman–Crippen LogP) is 2.37. The molecule has 1 fully saturated rings. The Bertz CT molecular complexity index is 999. The number of carbonyl (C=O) groups is 1. The number of amides is 1. The van der Waals surface area contributed by atoms with Crippen molar-refractivity contribution in [3.05, 3.63) is 54.5 Å². The first-order valence-electron chi connectivity index (χ1n) is 8.94. The molecule has 1 aliphatic heterocycles. The Hall–Kier alpha value is -3.40. The molecule has 0 atom stereocenters. The lowest BCUT2D eigenvalue weighted by atomic mass is 10.1. The third-order valence-corrected chi connectivity index (χ3v) is 4.80. The molecule has 1 saturated heterocycles. The first kappa shape index (κ1) is 17.0. The lowest BCUT2D eigenvalue weighted by Crippen LogP contribution is -2.43. The first-order chi connectivity index (χ1) is 13.2. The molecule has 0 spiro atoms. The number of fused-ring (bicyclic) bond motifs is 1. The van der Waals surface area contributed by atoms with Crippen LogP contribution in [0.2, 0.25) is 0 Å². The minimum atomic E-state index is -0.0369. The Kier molecular flexibility index (Phi) is 4.71. The van der Waals surface area contributed by atoms with E-state index in [2.05, 4.69) is 16.0 Å². The van der Waals surface area contributed by atoms with Crippen LogP contribution in [-0.2, 0) is 11.3 Å². The minimum absolute atomic E-state index is 0.0369. The van der Waals surface area contributed by atoms with Gasteiger partial charge in [-0.05, 0) is 24.3 Å². The van der Waals surface area contributed by atoms with Crippen molar-refractivity contribution in [2.45, 2.75) is 25.5 Å². The number of nitriles is 1. The summed E-state index contributed by atoms with van der Waals surface area (Å²) in [6, 6.07) is 13.3. The van der Waals surface area contributed by atoms with Crippen LogP contribution in [0.1, 0.15) is 18.4 Å². The van der Waals surface area contributed by atoms with Crippen LogP contribution in [0.15, 0.2) is 48.9 Å². The number of nitrogens with zero attached hydrogens (tertiary/aromatic N) is 5. The largest absolute Gasteiger partial charge is 0.473 e. The number of pyridine rings is 1. The van der Waals surface area contributed by atoms with Crippen LogP contribution in [-0.4, -0.2) is 44.5 Å². The van der Waals surface area contributed by atoms with Crippen molar-refractivity contribution in [1.29, 1.82) is 5.26 Å². The highest BCUT2D eigenvalue weighted by Crippen LogP contribution is 2.21. The van der Waals surface area contributed by atoms with Crippen molar-refractivity contribution in [3.63, 3.8) is 0 Å². The van der Waals surface area contributed by atoms with Gasteiger partial charge in [-0.25, -0.2) is 9.97 Å². The van der Waals surface area contributed by atoms with Gasteiger partial charge in [0, 0.05) is 32.1 Å². The summed E-state index contributed by atoms with van der Waals surface area (Å²) < 4.78 is 7.76. The number of aromatic nitrogens is 3. The normalized spacial score (nSPS) is 14.9. The molecule has 3 heterocycles. The number of likely N-dealkylation sites (tertiary alicyclic amines) is 1. The van der Waals surface area contributed by atoms with E-state index in [4.69, 9.17) is 10.00 Å².